The summed E-state index contributed by atoms with van der Waals surface area (Å²) in [5.41, 5.74) is 2.21. The first-order chi connectivity index (χ1) is 8.17. The highest BCUT2D eigenvalue weighted by molar-refractivity contribution is 5.60. The molecule has 92 valence electrons. The summed E-state index contributed by atoms with van der Waals surface area (Å²) in [6, 6.07) is 0.347. The van der Waals surface area contributed by atoms with E-state index in [1.807, 2.05) is 11.8 Å². The number of nitrogen functional groups attached to an aromatic ring is 1. The summed E-state index contributed by atoms with van der Waals surface area (Å²) in [4.78, 5) is 20.2. The predicted molar refractivity (Wildman–Crippen MR) is 62.5 cm³/mol. The lowest BCUT2D eigenvalue weighted by atomic mass is 10.4. The van der Waals surface area contributed by atoms with Gasteiger partial charge >= 0.3 is 5.69 Å². The van der Waals surface area contributed by atoms with Crippen molar-refractivity contribution in [1.82, 2.24) is 9.97 Å². The van der Waals surface area contributed by atoms with Gasteiger partial charge in [0.1, 0.15) is 6.20 Å². The van der Waals surface area contributed by atoms with Crippen LogP contribution in [0.25, 0.3) is 0 Å². The molecular formula is C9H14N6O2. The predicted octanol–water partition coefficient (Wildman–Crippen LogP) is 0.659. The minimum Gasteiger partial charge on any atom is -0.348 e. The molecule has 8 nitrogen and oxygen atoms in total. The van der Waals surface area contributed by atoms with Crippen LogP contribution in [0.3, 0.4) is 0 Å². The number of nitro groups is 1. The van der Waals surface area contributed by atoms with Crippen LogP contribution in [-0.4, -0.2) is 27.5 Å². The van der Waals surface area contributed by atoms with E-state index >= 15 is 0 Å². The van der Waals surface area contributed by atoms with Crippen molar-refractivity contribution >= 4 is 17.5 Å². The molecule has 0 amide bonds. The Bertz CT molecular complexity index is 433. The van der Waals surface area contributed by atoms with Gasteiger partial charge in [-0.15, -0.1) is 0 Å². The molecule has 0 radical (unpaired) electrons. The zero-order chi connectivity index (χ0) is 12.4. The molecule has 0 bridgehead atoms. The monoisotopic (exact) mass is 238 g/mol. The van der Waals surface area contributed by atoms with Gasteiger partial charge in [-0.2, -0.15) is 4.98 Å². The number of nitrogens with zero attached hydrogens (tertiary/aromatic N) is 4. The van der Waals surface area contributed by atoms with Gasteiger partial charge in [-0.1, -0.05) is 0 Å². The Labute approximate surface area is 98.0 Å². The molecule has 1 aliphatic rings. The molecule has 0 atom stereocenters. The fourth-order valence-electron chi connectivity index (χ4n) is 1.74. The van der Waals surface area contributed by atoms with E-state index in [2.05, 4.69) is 15.4 Å². The molecule has 1 heterocycles. The number of aromatic nitrogens is 2. The third-order valence-electron chi connectivity index (χ3n) is 2.68. The van der Waals surface area contributed by atoms with Crippen molar-refractivity contribution in [2.45, 2.75) is 25.8 Å². The highest BCUT2D eigenvalue weighted by Gasteiger charge is 2.33. The van der Waals surface area contributed by atoms with Crippen molar-refractivity contribution in [1.29, 1.82) is 0 Å². The van der Waals surface area contributed by atoms with Gasteiger partial charge in [-0.05, 0) is 19.8 Å². The maximum absolute atomic E-state index is 10.9. The highest BCUT2D eigenvalue weighted by Crippen LogP contribution is 2.35. The topological polar surface area (TPSA) is 110 Å². The summed E-state index contributed by atoms with van der Waals surface area (Å²) < 4.78 is 0. The minimum absolute atomic E-state index is 0.0854. The molecule has 1 aromatic rings. The SMILES string of the molecule is CCN(c1nc(NN)ncc1[N+](=O)[O-])C1CC1. The van der Waals surface area contributed by atoms with Crippen molar-refractivity contribution < 1.29 is 4.92 Å². The van der Waals surface area contributed by atoms with Crippen LogP contribution in [0.2, 0.25) is 0 Å². The first-order valence-corrected chi connectivity index (χ1v) is 5.42. The van der Waals surface area contributed by atoms with Crippen molar-refractivity contribution in [3.05, 3.63) is 16.3 Å². The number of hydrogen-bond donors (Lipinski definition) is 2. The second kappa shape index (κ2) is 4.50. The first kappa shape index (κ1) is 11.5. The summed E-state index contributed by atoms with van der Waals surface area (Å²) in [5, 5.41) is 10.9. The number of rotatable bonds is 5. The van der Waals surface area contributed by atoms with Gasteiger partial charge in [-0.3, -0.25) is 15.5 Å². The molecule has 2 rings (SSSR count). The maximum atomic E-state index is 10.9. The Kier molecular flexibility index (Phi) is 3.05. The zero-order valence-electron chi connectivity index (χ0n) is 9.46. The van der Waals surface area contributed by atoms with Crippen LogP contribution >= 0.6 is 0 Å². The number of nitrogens with one attached hydrogen (secondary N) is 1. The largest absolute Gasteiger partial charge is 0.348 e. The lowest BCUT2D eigenvalue weighted by molar-refractivity contribution is -0.384. The second-order valence-electron chi connectivity index (χ2n) is 3.82. The Morgan fingerprint density at radius 3 is 2.88 bits per heavy atom. The summed E-state index contributed by atoms with van der Waals surface area (Å²) in [5.74, 6) is 5.74. The maximum Gasteiger partial charge on any atom is 0.329 e. The van der Waals surface area contributed by atoms with Crippen molar-refractivity contribution in [2.75, 3.05) is 16.9 Å². The van der Waals surface area contributed by atoms with Crippen LogP contribution in [0.4, 0.5) is 17.5 Å². The van der Waals surface area contributed by atoms with Gasteiger partial charge < -0.3 is 4.90 Å². The molecule has 8 heteroatoms. The average Bonchev–Trinajstić information content (AvgIpc) is 3.14. The molecule has 1 fully saturated rings. The van der Waals surface area contributed by atoms with E-state index in [1.54, 1.807) is 0 Å². The van der Waals surface area contributed by atoms with Gasteiger partial charge in [-0.25, -0.2) is 10.8 Å². The van der Waals surface area contributed by atoms with E-state index in [4.69, 9.17) is 5.84 Å². The van der Waals surface area contributed by atoms with E-state index in [9.17, 15) is 10.1 Å². The lowest BCUT2D eigenvalue weighted by Gasteiger charge is -2.21. The van der Waals surface area contributed by atoms with Crippen molar-refractivity contribution in [3.8, 4) is 0 Å². The quantitative estimate of drug-likeness (QED) is 0.440. The lowest BCUT2D eigenvalue weighted by Crippen LogP contribution is -2.27. The normalized spacial score (nSPS) is 14.5. The van der Waals surface area contributed by atoms with Crippen molar-refractivity contribution in [2.24, 2.45) is 5.84 Å². The van der Waals surface area contributed by atoms with Gasteiger partial charge in [0.25, 0.3) is 0 Å². The summed E-state index contributed by atoms with van der Waals surface area (Å²) in [6.45, 7) is 2.62. The van der Waals surface area contributed by atoms with E-state index in [0.717, 1.165) is 12.8 Å². The Morgan fingerprint density at radius 2 is 2.41 bits per heavy atom. The summed E-state index contributed by atoms with van der Waals surface area (Å²) in [6.07, 6.45) is 3.27. The van der Waals surface area contributed by atoms with Crippen LogP contribution in [0, 0.1) is 10.1 Å². The van der Waals surface area contributed by atoms with Gasteiger partial charge in [0, 0.05) is 12.6 Å². The second-order valence-corrected chi connectivity index (χ2v) is 3.82. The van der Waals surface area contributed by atoms with Crippen LogP contribution < -0.4 is 16.2 Å². The first-order valence-electron chi connectivity index (χ1n) is 5.42. The molecule has 1 saturated carbocycles. The van der Waals surface area contributed by atoms with E-state index in [-0.39, 0.29) is 11.6 Å². The van der Waals surface area contributed by atoms with Crippen LogP contribution in [-0.2, 0) is 0 Å². The Hall–Kier alpha value is -1.96. The smallest absolute Gasteiger partial charge is 0.329 e. The number of nitrogens with two attached hydrogens (primary N) is 1. The molecule has 0 unspecified atom stereocenters. The van der Waals surface area contributed by atoms with Gasteiger partial charge in [0.05, 0.1) is 4.92 Å². The molecule has 1 aromatic heterocycles. The highest BCUT2D eigenvalue weighted by atomic mass is 16.6. The molecule has 3 N–H and O–H groups in total. The third kappa shape index (κ3) is 2.26. The number of anilines is 2. The standard InChI is InChI=1S/C9H14N6O2/c1-2-14(6-3-4-6)8-7(15(16)17)5-11-9(12-8)13-10/h5-6H,2-4,10H2,1H3,(H,11,12,13). The molecular weight excluding hydrogens is 224 g/mol. The average molecular weight is 238 g/mol. The van der Waals surface area contributed by atoms with Crippen LogP contribution in [0.15, 0.2) is 6.20 Å². The Balaban J connectivity index is 2.42. The molecule has 0 aromatic carbocycles. The fraction of sp³-hybridized carbons (Fsp3) is 0.556. The van der Waals surface area contributed by atoms with E-state index < -0.39 is 4.92 Å². The zero-order valence-corrected chi connectivity index (χ0v) is 9.46. The molecule has 17 heavy (non-hydrogen) atoms. The van der Waals surface area contributed by atoms with Crippen LogP contribution in [0.1, 0.15) is 19.8 Å². The minimum atomic E-state index is -0.472. The molecule has 0 spiro atoms. The number of hydrazine groups is 1. The van der Waals surface area contributed by atoms with E-state index in [1.165, 1.54) is 6.20 Å². The third-order valence-corrected chi connectivity index (χ3v) is 2.68. The molecule has 0 aliphatic heterocycles. The fourth-order valence-corrected chi connectivity index (χ4v) is 1.74. The van der Waals surface area contributed by atoms with Gasteiger partial charge in [0.15, 0.2) is 0 Å². The van der Waals surface area contributed by atoms with Crippen LogP contribution in [0.5, 0.6) is 0 Å². The van der Waals surface area contributed by atoms with Gasteiger partial charge in [0.2, 0.25) is 11.8 Å². The number of hydrogen-bond acceptors (Lipinski definition) is 7. The van der Waals surface area contributed by atoms with E-state index in [0.29, 0.717) is 18.4 Å². The summed E-state index contributed by atoms with van der Waals surface area (Å²) in [7, 11) is 0. The molecule has 0 saturated heterocycles. The Morgan fingerprint density at radius 1 is 1.71 bits per heavy atom. The van der Waals surface area contributed by atoms with Crippen molar-refractivity contribution in [3.63, 3.8) is 0 Å². The summed E-state index contributed by atoms with van der Waals surface area (Å²) >= 11 is 0. The molecule has 1 aliphatic carbocycles.